The molecule has 1 aliphatic carbocycles. The minimum absolute atomic E-state index is 0.188. The number of rotatable bonds is 4. The van der Waals surface area contributed by atoms with Gasteiger partial charge in [-0.3, -0.25) is 4.79 Å². The van der Waals surface area contributed by atoms with E-state index in [1.165, 1.54) is 30.3 Å². The molecule has 1 unspecified atom stereocenters. The fraction of sp³-hybridized carbons (Fsp3) is 0.300. The fourth-order valence-corrected chi connectivity index (χ4v) is 4.43. The van der Waals surface area contributed by atoms with Crippen LogP contribution in [0.2, 0.25) is 5.02 Å². The summed E-state index contributed by atoms with van der Waals surface area (Å²) in [5, 5.41) is 7.85. The molecular formula is C20H15BrClF4N3O2. The van der Waals surface area contributed by atoms with Gasteiger partial charge in [-0.1, -0.05) is 27.5 Å². The zero-order valence-corrected chi connectivity index (χ0v) is 18.0. The number of benzene rings is 2. The van der Waals surface area contributed by atoms with E-state index in [0.29, 0.717) is 10.0 Å². The maximum absolute atomic E-state index is 13.8. The molecule has 2 aliphatic rings. The van der Waals surface area contributed by atoms with Crippen molar-refractivity contribution in [1.82, 2.24) is 10.6 Å². The number of urea groups is 1. The number of hydrogen-bond donors (Lipinski definition) is 3. The molecule has 1 aliphatic heterocycles. The highest BCUT2D eigenvalue weighted by molar-refractivity contribution is 9.10. The number of amides is 3. The minimum atomic E-state index is -4.41. The number of nitrogens with one attached hydrogen (secondary N) is 3. The number of halogens is 6. The molecule has 3 N–H and O–H groups in total. The summed E-state index contributed by atoms with van der Waals surface area (Å²) in [6.45, 7) is 0. The largest absolute Gasteiger partial charge is 0.391 e. The van der Waals surface area contributed by atoms with E-state index in [0.717, 1.165) is 0 Å². The average Bonchev–Trinajstić information content (AvgIpc) is 3.29. The van der Waals surface area contributed by atoms with Crippen LogP contribution in [-0.4, -0.2) is 23.7 Å². The molecule has 0 saturated heterocycles. The van der Waals surface area contributed by atoms with Crippen molar-refractivity contribution < 1.29 is 27.2 Å². The SMILES string of the molecule is O=C(Nc1cc(Br)cc2c1C(c1cc(F)ccc1Cl)NC2=O)NC1(CC(F)(F)F)CC1. The zero-order valence-electron chi connectivity index (χ0n) is 15.7. The van der Waals surface area contributed by atoms with Crippen LogP contribution in [0.25, 0.3) is 0 Å². The molecule has 4 rings (SSSR count). The summed E-state index contributed by atoms with van der Waals surface area (Å²) in [5.41, 5.74) is -0.275. The molecule has 2 aromatic carbocycles. The Morgan fingerprint density at radius 3 is 2.61 bits per heavy atom. The van der Waals surface area contributed by atoms with Gasteiger partial charge in [-0.15, -0.1) is 0 Å². The molecule has 3 amide bonds. The van der Waals surface area contributed by atoms with E-state index < -0.39 is 41.9 Å². The van der Waals surface area contributed by atoms with Crippen LogP contribution in [0.3, 0.4) is 0 Å². The molecule has 1 fully saturated rings. The second-order valence-electron chi connectivity index (χ2n) is 7.64. The van der Waals surface area contributed by atoms with Gasteiger partial charge < -0.3 is 16.0 Å². The van der Waals surface area contributed by atoms with Crippen LogP contribution < -0.4 is 16.0 Å². The van der Waals surface area contributed by atoms with Crippen LogP contribution in [0.5, 0.6) is 0 Å². The first-order chi connectivity index (χ1) is 14.5. The van der Waals surface area contributed by atoms with E-state index >= 15 is 0 Å². The predicted molar refractivity (Wildman–Crippen MR) is 110 cm³/mol. The van der Waals surface area contributed by atoms with Crippen molar-refractivity contribution in [3.63, 3.8) is 0 Å². The van der Waals surface area contributed by atoms with Gasteiger partial charge in [0.05, 0.1) is 18.0 Å². The highest BCUT2D eigenvalue weighted by Crippen LogP contribution is 2.45. The van der Waals surface area contributed by atoms with Gasteiger partial charge in [0, 0.05) is 31.9 Å². The summed E-state index contributed by atoms with van der Waals surface area (Å²) in [6.07, 6.45) is -5.09. The monoisotopic (exact) mass is 519 g/mol. The molecule has 164 valence electrons. The Morgan fingerprint density at radius 2 is 1.97 bits per heavy atom. The van der Waals surface area contributed by atoms with Crippen molar-refractivity contribution in [2.45, 2.75) is 37.0 Å². The van der Waals surface area contributed by atoms with E-state index in [9.17, 15) is 27.2 Å². The molecule has 0 spiro atoms. The number of anilines is 1. The van der Waals surface area contributed by atoms with Gasteiger partial charge in [-0.2, -0.15) is 13.2 Å². The average molecular weight is 521 g/mol. The zero-order chi connectivity index (χ0) is 22.6. The molecule has 1 atom stereocenters. The lowest BCUT2D eigenvalue weighted by molar-refractivity contribution is -0.141. The molecule has 31 heavy (non-hydrogen) atoms. The van der Waals surface area contributed by atoms with Crippen molar-refractivity contribution in [3.05, 3.63) is 62.3 Å². The molecule has 0 bridgehead atoms. The summed E-state index contributed by atoms with van der Waals surface area (Å²) < 4.78 is 52.7. The summed E-state index contributed by atoms with van der Waals surface area (Å²) >= 11 is 9.47. The molecule has 11 heteroatoms. The molecule has 0 aromatic heterocycles. The van der Waals surface area contributed by atoms with Crippen LogP contribution >= 0.6 is 27.5 Å². The second kappa shape index (κ2) is 7.67. The van der Waals surface area contributed by atoms with Gasteiger partial charge in [0.2, 0.25) is 0 Å². The highest BCUT2D eigenvalue weighted by atomic mass is 79.9. The molecule has 2 aromatic rings. The lowest BCUT2D eigenvalue weighted by Crippen LogP contribution is -2.42. The van der Waals surface area contributed by atoms with Gasteiger partial charge in [-0.05, 0) is 43.2 Å². The summed E-state index contributed by atoms with van der Waals surface area (Å²) in [6, 6.07) is 5.08. The van der Waals surface area contributed by atoms with E-state index in [-0.39, 0.29) is 34.7 Å². The normalized spacial score (nSPS) is 18.9. The summed E-state index contributed by atoms with van der Waals surface area (Å²) in [4.78, 5) is 25.0. The van der Waals surface area contributed by atoms with Crippen molar-refractivity contribution in [2.75, 3.05) is 5.32 Å². The second-order valence-corrected chi connectivity index (χ2v) is 8.96. The first kappa shape index (κ1) is 21.9. The van der Waals surface area contributed by atoms with Gasteiger partial charge in [0.1, 0.15) is 5.82 Å². The summed E-state index contributed by atoms with van der Waals surface area (Å²) in [7, 11) is 0. The lowest BCUT2D eigenvalue weighted by Gasteiger charge is -2.21. The number of alkyl halides is 3. The van der Waals surface area contributed by atoms with Crippen LogP contribution in [0.4, 0.5) is 28.0 Å². The van der Waals surface area contributed by atoms with E-state index in [1.54, 1.807) is 0 Å². The molecule has 1 heterocycles. The molecule has 5 nitrogen and oxygen atoms in total. The van der Waals surface area contributed by atoms with Crippen LogP contribution in [0, 0.1) is 5.82 Å². The van der Waals surface area contributed by atoms with Crippen molar-refractivity contribution in [1.29, 1.82) is 0 Å². The van der Waals surface area contributed by atoms with Crippen LogP contribution in [0.1, 0.15) is 46.8 Å². The number of fused-ring (bicyclic) bond motifs is 1. The van der Waals surface area contributed by atoms with E-state index in [4.69, 9.17) is 11.6 Å². The minimum Gasteiger partial charge on any atom is -0.341 e. The van der Waals surface area contributed by atoms with Crippen LogP contribution in [0.15, 0.2) is 34.8 Å². The van der Waals surface area contributed by atoms with Gasteiger partial charge >= 0.3 is 12.2 Å². The Bertz CT molecular complexity index is 1090. The Morgan fingerprint density at radius 1 is 1.26 bits per heavy atom. The smallest absolute Gasteiger partial charge is 0.341 e. The highest BCUT2D eigenvalue weighted by Gasteiger charge is 2.51. The quantitative estimate of drug-likeness (QED) is 0.454. The third kappa shape index (κ3) is 4.64. The Kier molecular flexibility index (Phi) is 5.41. The lowest BCUT2D eigenvalue weighted by atomic mass is 9.96. The standard InChI is InChI=1S/C20H15BrClF4N3O2/c21-9-5-12-15(16(28-17(12)30)11-7-10(23)1-2-13(11)22)14(6-9)27-18(31)29-19(3-4-19)8-20(24,25)26/h1-2,5-7,16H,3-4,8H2,(H,28,30)(H2,27,29,31). The fourth-order valence-electron chi connectivity index (χ4n) is 3.75. The van der Waals surface area contributed by atoms with Crippen molar-refractivity contribution in [3.8, 4) is 0 Å². The maximum Gasteiger partial charge on any atom is 0.391 e. The third-order valence-corrected chi connectivity index (χ3v) is 6.04. The maximum atomic E-state index is 13.8. The molecular weight excluding hydrogens is 506 g/mol. The Balaban J connectivity index is 1.66. The topological polar surface area (TPSA) is 70.2 Å². The van der Waals surface area contributed by atoms with E-state index in [1.807, 2.05) is 0 Å². The molecule has 1 saturated carbocycles. The van der Waals surface area contributed by atoms with Crippen LogP contribution in [-0.2, 0) is 0 Å². The Hall–Kier alpha value is -2.33. The van der Waals surface area contributed by atoms with E-state index in [2.05, 4.69) is 31.9 Å². The molecule has 0 radical (unpaired) electrons. The Labute approximate surface area is 187 Å². The predicted octanol–water partition coefficient (Wildman–Crippen LogP) is 5.68. The first-order valence-corrected chi connectivity index (χ1v) is 10.4. The van der Waals surface area contributed by atoms with Gasteiger partial charge in [-0.25, -0.2) is 9.18 Å². The first-order valence-electron chi connectivity index (χ1n) is 9.22. The van der Waals surface area contributed by atoms with Crippen molar-refractivity contribution in [2.24, 2.45) is 0 Å². The number of hydrogen-bond acceptors (Lipinski definition) is 2. The third-order valence-electron chi connectivity index (χ3n) is 5.24. The van der Waals surface area contributed by atoms with Gasteiger partial charge in [0.25, 0.3) is 5.91 Å². The number of carbonyl (C=O) groups excluding carboxylic acids is 2. The summed E-state index contributed by atoms with van der Waals surface area (Å²) in [5.74, 6) is -1.02. The van der Waals surface area contributed by atoms with Crippen molar-refractivity contribution >= 4 is 45.2 Å². The number of carbonyl (C=O) groups is 2. The van der Waals surface area contributed by atoms with Gasteiger partial charge in [0.15, 0.2) is 0 Å².